The van der Waals surface area contributed by atoms with E-state index < -0.39 is 5.82 Å². The van der Waals surface area contributed by atoms with E-state index in [0.717, 1.165) is 5.57 Å². The molecule has 0 bridgehead atoms. The zero-order valence-corrected chi connectivity index (χ0v) is 10.5. The number of halogens is 1. The fraction of sp³-hybridized carbons (Fsp3) is 0.143. The molecular weight excluding hydrogens is 231 g/mol. The second-order valence-electron chi connectivity index (χ2n) is 3.67. The maximum absolute atomic E-state index is 13.4. The maximum Gasteiger partial charge on any atom is 0.165 e. The van der Waals surface area contributed by atoms with Crippen molar-refractivity contribution < 1.29 is 9.13 Å². The van der Waals surface area contributed by atoms with Gasteiger partial charge in [0.15, 0.2) is 11.6 Å². The number of hydrogen-bond acceptors (Lipinski definition) is 3. The molecule has 96 valence electrons. The van der Waals surface area contributed by atoms with Crippen molar-refractivity contribution in [2.24, 2.45) is 5.84 Å². The standard InChI is InChI=1S/C14H17FN2O/c1-4-12(9-10(2)11(3)17-16)18-14-8-6-5-7-13(14)15/h4-9,17H,3,16H2,1-2H3/b10-9-,12-4+. The van der Waals surface area contributed by atoms with E-state index in [1.165, 1.54) is 6.07 Å². The fourth-order valence-corrected chi connectivity index (χ4v) is 1.24. The van der Waals surface area contributed by atoms with Gasteiger partial charge in [-0.05, 0) is 43.7 Å². The average Bonchev–Trinajstić information content (AvgIpc) is 2.39. The van der Waals surface area contributed by atoms with Crippen molar-refractivity contribution in [3.8, 4) is 5.75 Å². The molecule has 1 aromatic rings. The number of para-hydroxylation sites is 1. The predicted molar refractivity (Wildman–Crippen MR) is 71.0 cm³/mol. The lowest BCUT2D eigenvalue weighted by Gasteiger charge is -2.09. The molecule has 0 unspecified atom stereocenters. The van der Waals surface area contributed by atoms with Crippen molar-refractivity contribution in [2.75, 3.05) is 0 Å². The predicted octanol–water partition coefficient (Wildman–Crippen LogP) is 3.03. The molecule has 0 saturated heterocycles. The molecule has 0 spiro atoms. The van der Waals surface area contributed by atoms with Crippen LogP contribution in [-0.2, 0) is 0 Å². The summed E-state index contributed by atoms with van der Waals surface area (Å²) in [4.78, 5) is 0. The van der Waals surface area contributed by atoms with E-state index in [1.807, 2.05) is 6.92 Å². The molecule has 0 aromatic heterocycles. The van der Waals surface area contributed by atoms with E-state index >= 15 is 0 Å². The van der Waals surface area contributed by atoms with E-state index in [9.17, 15) is 4.39 Å². The number of rotatable bonds is 5. The number of ether oxygens (including phenoxy) is 1. The van der Waals surface area contributed by atoms with Gasteiger partial charge < -0.3 is 10.2 Å². The first-order chi connectivity index (χ1) is 8.58. The second kappa shape index (κ2) is 6.61. The normalized spacial score (nSPS) is 12.2. The van der Waals surface area contributed by atoms with Gasteiger partial charge in [-0.1, -0.05) is 18.7 Å². The second-order valence-corrected chi connectivity index (χ2v) is 3.67. The Morgan fingerprint density at radius 1 is 1.44 bits per heavy atom. The molecule has 18 heavy (non-hydrogen) atoms. The number of hydrogen-bond donors (Lipinski definition) is 2. The fourth-order valence-electron chi connectivity index (χ4n) is 1.24. The van der Waals surface area contributed by atoms with Crippen molar-refractivity contribution in [3.63, 3.8) is 0 Å². The lowest BCUT2D eigenvalue weighted by molar-refractivity contribution is 0.410. The van der Waals surface area contributed by atoms with E-state index in [1.54, 1.807) is 37.3 Å². The van der Waals surface area contributed by atoms with Crippen molar-refractivity contribution >= 4 is 0 Å². The minimum atomic E-state index is -0.404. The summed E-state index contributed by atoms with van der Waals surface area (Å²) in [6.07, 6.45) is 3.47. The summed E-state index contributed by atoms with van der Waals surface area (Å²) >= 11 is 0. The van der Waals surface area contributed by atoms with Gasteiger partial charge in [-0.15, -0.1) is 0 Å². The molecule has 0 aliphatic heterocycles. The van der Waals surface area contributed by atoms with Gasteiger partial charge in [0.25, 0.3) is 0 Å². The Hall–Kier alpha value is -2.07. The average molecular weight is 248 g/mol. The summed E-state index contributed by atoms with van der Waals surface area (Å²) in [5.41, 5.74) is 3.83. The first kappa shape index (κ1) is 14.0. The quantitative estimate of drug-likeness (QED) is 0.364. The molecule has 0 aliphatic rings. The number of benzene rings is 1. The van der Waals surface area contributed by atoms with Gasteiger partial charge >= 0.3 is 0 Å². The first-order valence-electron chi connectivity index (χ1n) is 5.51. The molecule has 0 saturated carbocycles. The van der Waals surface area contributed by atoms with E-state index in [-0.39, 0.29) is 5.75 Å². The highest BCUT2D eigenvalue weighted by atomic mass is 19.1. The van der Waals surface area contributed by atoms with Crippen LogP contribution in [0.25, 0.3) is 0 Å². The Morgan fingerprint density at radius 2 is 2.11 bits per heavy atom. The molecule has 0 aliphatic carbocycles. The largest absolute Gasteiger partial charge is 0.455 e. The number of nitrogens with two attached hydrogens (primary N) is 1. The molecule has 3 N–H and O–H groups in total. The topological polar surface area (TPSA) is 47.3 Å². The molecule has 4 heteroatoms. The first-order valence-corrected chi connectivity index (χ1v) is 5.51. The van der Waals surface area contributed by atoms with Crippen molar-refractivity contribution in [3.05, 3.63) is 65.8 Å². The van der Waals surface area contributed by atoms with Gasteiger partial charge in [-0.25, -0.2) is 4.39 Å². The van der Waals surface area contributed by atoms with Gasteiger partial charge in [-0.3, -0.25) is 5.84 Å². The third kappa shape index (κ3) is 3.75. The van der Waals surface area contributed by atoms with Crippen LogP contribution in [0.15, 0.2) is 60.0 Å². The number of hydrazine groups is 1. The van der Waals surface area contributed by atoms with Crippen molar-refractivity contribution in [2.45, 2.75) is 13.8 Å². The zero-order chi connectivity index (χ0) is 13.5. The Labute approximate surface area is 106 Å². The highest BCUT2D eigenvalue weighted by Gasteiger charge is 2.04. The molecule has 0 fully saturated rings. The van der Waals surface area contributed by atoms with Gasteiger partial charge in [0.05, 0.1) is 0 Å². The summed E-state index contributed by atoms with van der Waals surface area (Å²) in [7, 11) is 0. The van der Waals surface area contributed by atoms with Crippen molar-refractivity contribution in [1.82, 2.24) is 5.43 Å². The molecule has 3 nitrogen and oxygen atoms in total. The number of nitrogens with one attached hydrogen (secondary N) is 1. The van der Waals surface area contributed by atoms with Gasteiger partial charge in [-0.2, -0.15) is 0 Å². The lowest BCUT2D eigenvalue weighted by atomic mass is 10.2. The maximum atomic E-state index is 13.4. The molecule has 0 amide bonds. The molecular formula is C14H17FN2O. The lowest BCUT2D eigenvalue weighted by Crippen LogP contribution is -2.20. The van der Waals surface area contributed by atoms with Crippen LogP contribution in [0.1, 0.15) is 13.8 Å². The van der Waals surface area contributed by atoms with E-state index in [4.69, 9.17) is 10.6 Å². The smallest absolute Gasteiger partial charge is 0.165 e. The number of allylic oxidation sites excluding steroid dienone is 3. The molecule has 1 aromatic carbocycles. The third-order valence-corrected chi connectivity index (χ3v) is 2.36. The Bertz CT molecular complexity index is 492. The molecule has 1 rings (SSSR count). The zero-order valence-electron chi connectivity index (χ0n) is 10.5. The van der Waals surface area contributed by atoms with Crippen LogP contribution in [-0.4, -0.2) is 0 Å². The third-order valence-electron chi connectivity index (χ3n) is 2.36. The van der Waals surface area contributed by atoms with Crippen LogP contribution in [0.3, 0.4) is 0 Å². The van der Waals surface area contributed by atoms with Crippen LogP contribution in [0.4, 0.5) is 4.39 Å². The van der Waals surface area contributed by atoms with Crippen LogP contribution in [0, 0.1) is 5.82 Å². The van der Waals surface area contributed by atoms with E-state index in [0.29, 0.717) is 11.5 Å². The summed E-state index contributed by atoms with van der Waals surface area (Å²) < 4.78 is 18.9. The van der Waals surface area contributed by atoms with Gasteiger partial charge in [0.1, 0.15) is 5.76 Å². The highest BCUT2D eigenvalue weighted by Crippen LogP contribution is 2.19. The summed E-state index contributed by atoms with van der Waals surface area (Å²) in [6.45, 7) is 7.36. The van der Waals surface area contributed by atoms with Crippen molar-refractivity contribution in [1.29, 1.82) is 0 Å². The summed E-state index contributed by atoms with van der Waals surface area (Å²) in [5, 5.41) is 0. The van der Waals surface area contributed by atoms with Crippen LogP contribution >= 0.6 is 0 Å². The Kier molecular flexibility index (Phi) is 5.14. The van der Waals surface area contributed by atoms with Crippen LogP contribution < -0.4 is 16.0 Å². The summed E-state index contributed by atoms with van der Waals surface area (Å²) in [5.74, 6) is 5.56. The minimum Gasteiger partial charge on any atom is -0.455 e. The van der Waals surface area contributed by atoms with Gasteiger partial charge in [0.2, 0.25) is 0 Å². The molecule has 0 heterocycles. The summed E-state index contributed by atoms with van der Waals surface area (Å²) in [6, 6.07) is 6.24. The van der Waals surface area contributed by atoms with Crippen LogP contribution in [0.2, 0.25) is 0 Å². The molecule has 0 atom stereocenters. The Balaban J connectivity index is 2.88. The molecule has 0 radical (unpaired) electrons. The minimum absolute atomic E-state index is 0.181. The highest BCUT2D eigenvalue weighted by molar-refractivity contribution is 5.33. The Morgan fingerprint density at radius 3 is 2.67 bits per heavy atom. The SMILES string of the molecule is C=C(NN)/C(C)=C\C(=C/C)Oc1ccccc1F. The monoisotopic (exact) mass is 248 g/mol. The van der Waals surface area contributed by atoms with E-state index in [2.05, 4.69) is 12.0 Å². The van der Waals surface area contributed by atoms with Crippen LogP contribution in [0.5, 0.6) is 5.75 Å². The van der Waals surface area contributed by atoms with Gasteiger partial charge in [0, 0.05) is 5.70 Å².